The lowest BCUT2D eigenvalue weighted by Gasteiger charge is -2.57. The fourth-order valence-electron chi connectivity index (χ4n) is 9.54. The Morgan fingerprint density at radius 2 is 1.71 bits per heavy atom. The number of aryl methyl sites for hydroxylation is 2. The van der Waals surface area contributed by atoms with Crippen LogP contribution in [0.15, 0.2) is 60.9 Å². The molecule has 4 fully saturated rings. The smallest absolute Gasteiger partial charge is 0.328 e. The van der Waals surface area contributed by atoms with E-state index < -0.39 is 47.9 Å². The molecule has 3 N–H and O–H groups in total. The topological polar surface area (TPSA) is 160 Å². The number of carbonyl (C=O) groups excluding carboxylic acids is 4. The fourth-order valence-corrected chi connectivity index (χ4v) is 9.54. The number of aromatic nitrogens is 4. The van der Waals surface area contributed by atoms with E-state index in [9.17, 15) is 23.6 Å². The molecule has 326 valence electrons. The molecule has 2 aromatic carbocycles. The normalized spacial score (nSPS) is 21.3. The van der Waals surface area contributed by atoms with Crippen molar-refractivity contribution in [2.75, 3.05) is 61.4 Å². The van der Waals surface area contributed by atoms with Crippen molar-refractivity contribution in [3.63, 3.8) is 0 Å². The summed E-state index contributed by atoms with van der Waals surface area (Å²) in [6, 6.07) is 13.8. The van der Waals surface area contributed by atoms with Crippen LogP contribution < -0.4 is 25.8 Å². The number of fused-ring (bicyclic) bond motifs is 2. The molecule has 1 saturated carbocycles. The Hall–Kier alpha value is -6.56. The summed E-state index contributed by atoms with van der Waals surface area (Å²) in [6.45, 7) is 4.95. The molecule has 3 saturated heterocycles. The quantitative estimate of drug-likeness (QED) is 0.175. The number of benzene rings is 2. The van der Waals surface area contributed by atoms with Gasteiger partial charge in [-0.2, -0.15) is 0 Å². The molecule has 7 heterocycles. The van der Waals surface area contributed by atoms with E-state index in [-0.39, 0.29) is 56.2 Å². The molecule has 63 heavy (non-hydrogen) atoms. The number of urea groups is 1. The molecule has 5 aromatic rings. The van der Waals surface area contributed by atoms with Crippen LogP contribution in [0.4, 0.5) is 40.8 Å². The van der Waals surface area contributed by atoms with Gasteiger partial charge in [-0.1, -0.05) is 12.1 Å². The summed E-state index contributed by atoms with van der Waals surface area (Å²) >= 11 is 0. The highest BCUT2D eigenvalue weighted by molar-refractivity contribution is 6.06. The number of carbonyl (C=O) groups is 4. The second-order valence-electron chi connectivity index (χ2n) is 17.5. The Kier molecular flexibility index (Phi) is 9.69. The third kappa shape index (κ3) is 7.09. The molecule has 1 aliphatic carbocycles. The molecular formula is C45H46F3N11O4. The summed E-state index contributed by atoms with van der Waals surface area (Å²) in [7, 11) is 1.78. The van der Waals surface area contributed by atoms with E-state index in [4.69, 9.17) is 10.1 Å². The average molecular weight is 862 g/mol. The van der Waals surface area contributed by atoms with Crippen molar-refractivity contribution in [3.8, 4) is 11.3 Å². The monoisotopic (exact) mass is 861 g/mol. The van der Waals surface area contributed by atoms with Crippen molar-refractivity contribution in [2.45, 2.75) is 64.2 Å². The van der Waals surface area contributed by atoms with Gasteiger partial charge in [-0.15, -0.1) is 5.10 Å². The number of halogens is 3. The zero-order chi connectivity index (χ0) is 43.9. The molecule has 5 amide bonds. The number of imidazole rings is 1. The van der Waals surface area contributed by atoms with E-state index in [1.807, 2.05) is 30.0 Å². The third-order valence-electron chi connectivity index (χ3n) is 13.2. The number of anilines is 4. The van der Waals surface area contributed by atoms with Crippen LogP contribution in [0.3, 0.4) is 0 Å². The van der Waals surface area contributed by atoms with Crippen LogP contribution >= 0.6 is 0 Å². The van der Waals surface area contributed by atoms with Gasteiger partial charge in [0, 0.05) is 93.9 Å². The van der Waals surface area contributed by atoms with Gasteiger partial charge >= 0.3 is 6.03 Å². The first-order valence-electron chi connectivity index (χ1n) is 21.2. The lowest BCUT2D eigenvalue weighted by atomic mass is 9.69. The fraction of sp³-hybridized carbons (Fsp3) is 0.400. The molecule has 3 aromatic heterocycles. The minimum atomic E-state index is -3.11. The van der Waals surface area contributed by atoms with Gasteiger partial charge in [0.05, 0.1) is 35.6 Å². The number of imide groups is 1. The third-order valence-corrected chi connectivity index (χ3v) is 13.2. The average Bonchev–Trinajstić information content (AvgIpc) is 3.56. The van der Waals surface area contributed by atoms with Gasteiger partial charge in [-0.05, 0) is 79.3 Å². The van der Waals surface area contributed by atoms with E-state index in [1.54, 1.807) is 38.4 Å². The Morgan fingerprint density at radius 1 is 0.921 bits per heavy atom. The number of hydrogen-bond donors (Lipinski definition) is 3. The van der Waals surface area contributed by atoms with Crippen LogP contribution in [-0.4, -0.2) is 118 Å². The van der Waals surface area contributed by atoms with Crippen LogP contribution in [0, 0.1) is 19.3 Å². The van der Waals surface area contributed by atoms with Crippen molar-refractivity contribution in [1.82, 2.24) is 40.0 Å². The second kappa shape index (κ2) is 15.1. The van der Waals surface area contributed by atoms with Gasteiger partial charge in [0.25, 0.3) is 17.7 Å². The van der Waals surface area contributed by atoms with Gasteiger partial charge < -0.3 is 20.4 Å². The second-order valence-corrected chi connectivity index (χ2v) is 17.5. The SMILES string of the molecule is CNc1cc(N2CCc3c(-c4ccc(CN5CC6(CCN(C(=O)c7ccc(C)c(N8CCC(=O)NC8=O)c7)CC6(F)F)C5)cn4)cc(C)cc32)nn2c(C(=O)N[C@@H]3C[C@@H]3F)cnc12. The number of nitrogens with one attached hydrogen (secondary N) is 3. The lowest BCUT2D eigenvalue weighted by Crippen LogP contribution is -2.70. The minimum Gasteiger partial charge on any atom is -0.385 e. The standard InChI is InChI=1S/C45H46F3N11O4/c1-25-14-30(29-8-11-57(36(29)15-25)38-18-34(49-3)40-51-20-37(59(40)54-38)41(61)52-33-17-31(33)46)32-7-5-27(19-50-32)21-55-22-44(23-55)10-13-56(24-45(44,47)48)42(62)28-6-4-26(2)35(16-28)58-12-9-39(60)53-43(58)63/h4-7,14-16,18-20,31,33,49H,8-13,17,21-24H2,1-3H3,(H,52,61)(H,53,60,63)/t31-,33+/m0/s1. The van der Waals surface area contributed by atoms with Crippen molar-refractivity contribution in [3.05, 3.63) is 94.4 Å². The van der Waals surface area contributed by atoms with Crippen LogP contribution in [0.5, 0.6) is 0 Å². The van der Waals surface area contributed by atoms with Gasteiger partial charge in [0.2, 0.25) is 5.91 Å². The van der Waals surface area contributed by atoms with Gasteiger partial charge in [-0.25, -0.2) is 27.5 Å². The Labute approximate surface area is 360 Å². The van der Waals surface area contributed by atoms with E-state index in [1.165, 1.54) is 20.5 Å². The van der Waals surface area contributed by atoms with Crippen LogP contribution in [0.25, 0.3) is 16.9 Å². The maximum Gasteiger partial charge on any atom is 0.328 e. The molecule has 18 heteroatoms. The number of pyridine rings is 1. The summed E-state index contributed by atoms with van der Waals surface area (Å²) in [4.78, 5) is 66.8. The predicted molar refractivity (Wildman–Crippen MR) is 228 cm³/mol. The molecule has 10 rings (SSSR count). The Balaban J connectivity index is 0.801. The molecule has 1 spiro atoms. The van der Waals surface area contributed by atoms with Crippen molar-refractivity contribution in [1.29, 1.82) is 0 Å². The molecule has 5 aliphatic rings. The molecule has 0 bridgehead atoms. The lowest BCUT2D eigenvalue weighted by molar-refractivity contribution is -0.220. The largest absolute Gasteiger partial charge is 0.385 e. The molecule has 0 radical (unpaired) electrons. The van der Waals surface area contributed by atoms with E-state index in [2.05, 4.69) is 38.0 Å². The molecule has 15 nitrogen and oxygen atoms in total. The summed E-state index contributed by atoms with van der Waals surface area (Å²) < 4.78 is 47.1. The first-order chi connectivity index (χ1) is 30.2. The maximum atomic E-state index is 16.0. The summed E-state index contributed by atoms with van der Waals surface area (Å²) in [5, 5.41) is 13.0. The van der Waals surface area contributed by atoms with Gasteiger partial charge in [0.1, 0.15) is 6.17 Å². The highest BCUT2D eigenvalue weighted by Gasteiger charge is 2.62. The number of likely N-dealkylation sites (tertiary alicyclic amines) is 2. The van der Waals surface area contributed by atoms with Gasteiger partial charge in [0.15, 0.2) is 17.2 Å². The van der Waals surface area contributed by atoms with E-state index >= 15 is 8.78 Å². The summed E-state index contributed by atoms with van der Waals surface area (Å²) in [5.74, 6) is -3.82. The Morgan fingerprint density at radius 3 is 2.43 bits per heavy atom. The number of nitrogens with zero attached hydrogens (tertiary/aromatic N) is 8. The number of rotatable bonds is 9. The number of hydrogen-bond acceptors (Lipinski definition) is 10. The molecule has 2 atom stereocenters. The summed E-state index contributed by atoms with van der Waals surface area (Å²) in [6.07, 6.45) is 3.52. The van der Waals surface area contributed by atoms with Crippen LogP contribution in [0.2, 0.25) is 0 Å². The van der Waals surface area contributed by atoms with Gasteiger partial charge in [-0.3, -0.25) is 34.5 Å². The first kappa shape index (κ1) is 40.5. The molecular weight excluding hydrogens is 816 g/mol. The Bertz CT molecular complexity index is 2720. The van der Waals surface area contributed by atoms with E-state index in [0.717, 1.165) is 45.6 Å². The highest BCUT2D eigenvalue weighted by atomic mass is 19.3. The summed E-state index contributed by atoms with van der Waals surface area (Å²) in [5.41, 5.74) is 7.33. The number of alkyl halides is 3. The zero-order valence-electron chi connectivity index (χ0n) is 35.1. The highest BCUT2D eigenvalue weighted by Crippen LogP contribution is 2.51. The van der Waals surface area contributed by atoms with Crippen molar-refractivity contribution >= 4 is 52.3 Å². The van der Waals surface area contributed by atoms with Crippen molar-refractivity contribution in [2.24, 2.45) is 5.41 Å². The first-order valence-corrected chi connectivity index (χ1v) is 21.2. The molecule has 0 unspecified atom stereocenters. The van der Waals surface area contributed by atoms with Crippen molar-refractivity contribution < 1.29 is 32.3 Å². The minimum absolute atomic E-state index is 0.124. The number of piperidine rings is 1. The van der Waals surface area contributed by atoms with E-state index in [0.29, 0.717) is 42.4 Å². The predicted octanol–water partition coefficient (Wildman–Crippen LogP) is 5.41. The maximum absolute atomic E-state index is 16.0. The van der Waals surface area contributed by atoms with Crippen LogP contribution in [0.1, 0.15) is 62.4 Å². The zero-order valence-corrected chi connectivity index (χ0v) is 35.1. The van der Waals surface area contributed by atoms with Crippen LogP contribution in [-0.2, 0) is 17.8 Å². The molecule has 4 aliphatic heterocycles. The number of amides is 5.